The molecular weight excluding hydrogens is 474 g/mol. The van der Waals surface area contributed by atoms with E-state index in [1.54, 1.807) is 9.36 Å². The van der Waals surface area contributed by atoms with Crippen LogP contribution in [0, 0.1) is 12.8 Å². The minimum atomic E-state index is -0.499. The zero-order valence-electron chi connectivity index (χ0n) is 21.9. The number of amides is 1. The molecule has 0 radical (unpaired) electrons. The lowest BCUT2D eigenvalue weighted by Crippen LogP contribution is -2.32. The minimum absolute atomic E-state index is 0.115. The van der Waals surface area contributed by atoms with Gasteiger partial charge in [-0.05, 0) is 37.7 Å². The smallest absolute Gasteiger partial charge is 0.245 e. The van der Waals surface area contributed by atoms with Crippen molar-refractivity contribution < 1.29 is 4.79 Å². The third kappa shape index (κ3) is 6.82. The molecule has 1 fully saturated rings. The van der Waals surface area contributed by atoms with Gasteiger partial charge in [-0.3, -0.25) is 4.79 Å². The summed E-state index contributed by atoms with van der Waals surface area (Å²) in [4.78, 5) is 13.4. The summed E-state index contributed by atoms with van der Waals surface area (Å²) in [5.74, 6) is 0.488. The van der Waals surface area contributed by atoms with Gasteiger partial charge in [0.1, 0.15) is 17.4 Å². The fraction of sp³-hybridized carbons (Fsp3) is 0.367. The van der Waals surface area contributed by atoms with E-state index in [1.165, 1.54) is 37.7 Å². The molecule has 1 amide bonds. The summed E-state index contributed by atoms with van der Waals surface area (Å²) in [6.07, 6.45) is 15.1. The molecular formula is C30H35N7O. The molecule has 1 N–H and O–H groups in total. The molecule has 1 atom stereocenters. The van der Waals surface area contributed by atoms with Gasteiger partial charge in [0.15, 0.2) is 0 Å². The Labute approximate surface area is 223 Å². The molecule has 1 unspecified atom stereocenters. The standard InChI is InChI=1S/C30H35N7O/c1-23-15-17-26(18-16-23)28-22-37(35-33-28)29(14-8-13-24-9-4-2-5-10-24)30(38)31-19-27-21-36(34-32-27)20-25-11-6-3-7-12-25/h3,6-8,11-13,15-18,21-22,24,29H,2,4-5,9-10,14,19-20H2,1H3,(H,31,38)/b13-8+. The average Bonchev–Trinajstić information content (AvgIpc) is 3.61. The molecule has 8 nitrogen and oxygen atoms in total. The van der Waals surface area contributed by atoms with E-state index in [0.717, 1.165) is 16.8 Å². The largest absolute Gasteiger partial charge is 0.348 e. The highest BCUT2D eigenvalue weighted by atomic mass is 16.2. The molecule has 0 bridgehead atoms. The molecule has 4 aromatic rings. The van der Waals surface area contributed by atoms with Gasteiger partial charge in [0, 0.05) is 5.56 Å². The van der Waals surface area contributed by atoms with Gasteiger partial charge in [-0.1, -0.05) is 102 Å². The average molecular weight is 510 g/mol. The number of allylic oxidation sites excluding steroid dienone is 2. The third-order valence-electron chi connectivity index (χ3n) is 7.11. The molecule has 0 saturated heterocycles. The van der Waals surface area contributed by atoms with Crippen LogP contribution in [0.2, 0.25) is 0 Å². The van der Waals surface area contributed by atoms with Crippen LogP contribution in [0.15, 0.2) is 79.1 Å². The van der Waals surface area contributed by atoms with E-state index >= 15 is 0 Å². The van der Waals surface area contributed by atoms with Crippen molar-refractivity contribution >= 4 is 5.91 Å². The van der Waals surface area contributed by atoms with Crippen molar-refractivity contribution in [2.75, 3.05) is 0 Å². The van der Waals surface area contributed by atoms with Crippen LogP contribution in [0.3, 0.4) is 0 Å². The highest BCUT2D eigenvalue weighted by Gasteiger charge is 2.22. The molecule has 1 saturated carbocycles. The molecule has 196 valence electrons. The number of nitrogens with one attached hydrogen (secondary N) is 1. The fourth-order valence-electron chi connectivity index (χ4n) is 4.91. The second kappa shape index (κ2) is 12.4. The Morgan fingerprint density at radius 3 is 2.58 bits per heavy atom. The van der Waals surface area contributed by atoms with E-state index in [2.05, 4.69) is 69.3 Å². The van der Waals surface area contributed by atoms with E-state index < -0.39 is 6.04 Å². The van der Waals surface area contributed by atoms with Gasteiger partial charge in [0.05, 0.1) is 25.5 Å². The van der Waals surface area contributed by atoms with Crippen LogP contribution in [0.4, 0.5) is 0 Å². The van der Waals surface area contributed by atoms with Gasteiger partial charge >= 0.3 is 0 Å². The predicted octanol–water partition coefficient (Wildman–Crippen LogP) is 5.28. The van der Waals surface area contributed by atoms with Crippen LogP contribution in [0.5, 0.6) is 0 Å². The highest BCUT2D eigenvalue weighted by molar-refractivity contribution is 5.80. The van der Waals surface area contributed by atoms with E-state index in [0.29, 0.717) is 31.1 Å². The fourth-order valence-corrected chi connectivity index (χ4v) is 4.91. The van der Waals surface area contributed by atoms with Crippen molar-refractivity contribution in [2.45, 2.75) is 64.6 Å². The highest BCUT2D eigenvalue weighted by Crippen LogP contribution is 2.26. The molecule has 2 aromatic carbocycles. The lowest BCUT2D eigenvalue weighted by molar-refractivity contribution is -0.124. The SMILES string of the molecule is Cc1ccc(-c2cn(C(C/C=C/C3CCCCC3)C(=O)NCc3cn(Cc4ccccc4)nn3)nn2)cc1. The van der Waals surface area contributed by atoms with Crippen molar-refractivity contribution in [3.8, 4) is 11.3 Å². The van der Waals surface area contributed by atoms with E-state index in [9.17, 15) is 4.79 Å². The summed E-state index contributed by atoms with van der Waals surface area (Å²) < 4.78 is 3.47. The van der Waals surface area contributed by atoms with Gasteiger partial charge in [-0.2, -0.15) is 0 Å². The zero-order valence-corrected chi connectivity index (χ0v) is 21.9. The molecule has 38 heavy (non-hydrogen) atoms. The van der Waals surface area contributed by atoms with Crippen molar-refractivity contribution in [1.29, 1.82) is 0 Å². The number of aromatic nitrogens is 6. The van der Waals surface area contributed by atoms with Crippen LogP contribution in [-0.4, -0.2) is 35.9 Å². The molecule has 1 aliphatic carbocycles. The number of benzene rings is 2. The lowest BCUT2D eigenvalue weighted by atomic mass is 9.89. The summed E-state index contributed by atoms with van der Waals surface area (Å²) in [5.41, 5.74) is 4.78. The second-order valence-corrected chi connectivity index (χ2v) is 10.1. The second-order valence-electron chi connectivity index (χ2n) is 10.1. The van der Waals surface area contributed by atoms with E-state index in [1.807, 2.05) is 42.7 Å². The van der Waals surface area contributed by atoms with Gasteiger partial charge < -0.3 is 5.32 Å². The molecule has 5 rings (SSSR count). The summed E-state index contributed by atoms with van der Waals surface area (Å²) in [6, 6.07) is 17.8. The first kappa shape index (κ1) is 25.6. The maximum absolute atomic E-state index is 13.4. The zero-order chi connectivity index (χ0) is 26.2. The quantitative estimate of drug-likeness (QED) is 0.294. The normalized spacial score (nSPS) is 15.1. The van der Waals surface area contributed by atoms with Crippen molar-refractivity contribution in [3.63, 3.8) is 0 Å². The Kier molecular flexibility index (Phi) is 8.38. The summed E-state index contributed by atoms with van der Waals surface area (Å²) in [7, 11) is 0. The number of aryl methyl sites for hydroxylation is 1. The Bertz CT molecular complexity index is 1330. The summed E-state index contributed by atoms with van der Waals surface area (Å²) >= 11 is 0. The van der Waals surface area contributed by atoms with E-state index in [4.69, 9.17) is 0 Å². The van der Waals surface area contributed by atoms with Gasteiger partial charge in [0.2, 0.25) is 5.91 Å². The number of hydrogen-bond donors (Lipinski definition) is 1. The van der Waals surface area contributed by atoms with Crippen molar-refractivity contribution in [1.82, 2.24) is 35.3 Å². The van der Waals surface area contributed by atoms with Gasteiger partial charge in [-0.15, -0.1) is 10.2 Å². The minimum Gasteiger partial charge on any atom is -0.348 e. The summed E-state index contributed by atoms with van der Waals surface area (Å²) in [6.45, 7) is 2.99. The maximum atomic E-state index is 13.4. The van der Waals surface area contributed by atoms with Gasteiger partial charge in [-0.25, -0.2) is 9.36 Å². The lowest BCUT2D eigenvalue weighted by Gasteiger charge is -2.18. The van der Waals surface area contributed by atoms with Crippen LogP contribution >= 0.6 is 0 Å². The van der Waals surface area contributed by atoms with Crippen LogP contribution < -0.4 is 5.32 Å². The maximum Gasteiger partial charge on any atom is 0.245 e. The third-order valence-corrected chi connectivity index (χ3v) is 7.11. The number of rotatable bonds is 10. The molecule has 2 heterocycles. The molecule has 0 aliphatic heterocycles. The van der Waals surface area contributed by atoms with Crippen LogP contribution in [0.25, 0.3) is 11.3 Å². The predicted molar refractivity (Wildman–Crippen MR) is 147 cm³/mol. The van der Waals surface area contributed by atoms with E-state index in [-0.39, 0.29) is 5.91 Å². The molecule has 0 spiro atoms. The monoisotopic (exact) mass is 509 g/mol. The first-order valence-corrected chi connectivity index (χ1v) is 13.5. The first-order chi connectivity index (χ1) is 18.6. The van der Waals surface area contributed by atoms with Crippen molar-refractivity contribution in [3.05, 3.63) is 96.0 Å². The molecule has 8 heteroatoms. The number of hydrogen-bond acceptors (Lipinski definition) is 5. The number of nitrogens with zero attached hydrogens (tertiary/aromatic N) is 6. The Hall–Kier alpha value is -4.07. The Morgan fingerprint density at radius 2 is 1.79 bits per heavy atom. The first-order valence-electron chi connectivity index (χ1n) is 13.5. The summed E-state index contributed by atoms with van der Waals surface area (Å²) in [5, 5.41) is 20.2. The number of carbonyl (C=O) groups excluding carboxylic acids is 1. The molecule has 1 aliphatic rings. The van der Waals surface area contributed by atoms with Crippen LogP contribution in [-0.2, 0) is 17.9 Å². The Balaban J connectivity index is 1.26. The van der Waals surface area contributed by atoms with Crippen LogP contribution in [0.1, 0.15) is 61.4 Å². The topological polar surface area (TPSA) is 90.5 Å². The Morgan fingerprint density at radius 1 is 1.00 bits per heavy atom. The van der Waals surface area contributed by atoms with Gasteiger partial charge in [0.25, 0.3) is 0 Å². The van der Waals surface area contributed by atoms with Crippen molar-refractivity contribution in [2.24, 2.45) is 5.92 Å². The number of carbonyl (C=O) groups is 1. The molecule has 2 aromatic heterocycles.